The maximum atomic E-state index is 4.97. The average Bonchev–Trinajstić information content (AvgIpc) is 2.50. The van der Waals surface area contributed by atoms with Crippen LogP contribution in [0.2, 0.25) is 0 Å². The van der Waals surface area contributed by atoms with Crippen LogP contribution in [-0.2, 0) is 13.1 Å². The van der Waals surface area contributed by atoms with E-state index < -0.39 is 0 Å². The quantitative estimate of drug-likeness (QED) is 0.562. The van der Waals surface area contributed by atoms with E-state index in [9.17, 15) is 0 Å². The number of aromatic amines is 1. The van der Waals surface area contributed by atoms with Crippen molar-refractivity contribution in [2.75, 3.05) is 12.4 Å². The van der Waals surface area contributed by atoms with Crippen LogP contribution in [0.3, 0.4) is 0 Å². The molecule has 0 amide bonds. The van der Waals surface area contributed by atoms with Gasteiger partial charge < -0.3 is 15.6 Å². The third-order valence-electron chi connectivity index (χ3n) is 1.96. The van der Waals surface area contributed by atoms with E-state index >= 15 is 0 Å². The SMILES string of the molecule is CNc1nc(=S)[nH]c2c1CNC2. The molecule has 4 nitrogen and oxygen atoms in total. The molecule has 0 aromatic carbocycles. The van der Waals surface area contributed by atoms with Crippen LogP contribution in [-0.4, -0.2) is 17.0 Å². The van der Waals surface area contributed by atoms with Crippen molar-refractivity contribution in [3.63, 3.8) is 0 Å². The summed E-state index contributed by atoms with van der Waals surface area (Å²) in [5, 5.41) is 6.26. The first-order valence-electron chi connectivity index (χ1n) is 3.82. The van der Waals surface area contributed by atoms with Crippen LogP contribution in [0.25, 0.3) is 0 Å². The van der Waals surface area contributed by atoms with Crippen molar-refractivity contribution >= 4 is 18.0 Å². The molecule has 0 bridgehead atoms. The third-order valence-corrected chi connectivity index (χ3v) is 2.15. The van der Waals surface area contributed by atoms with Crippen LogP contribution in [0.4, 0.5) is 5.82 Å². The monoisotopic (exact) mass is 182 g/mol. The minimum absolute atomic E-state index is 0.543. The molecule has 0 aliphatic carbocycles. The van der Waals surface area contributed by atoms with Crippen LogP contribution in [0, 0.1) is 4.77 Å². The van der Waals surface area contributed by atoms with E-state index in [0.29, 0.717) is 4.77 Å². The van der Waals surface area contributed by atoms with Gasteiger partial charge in [0.25, 0.3) is 0 Å². The topological polar surface area (TPSA) is 52.7 Å². The molecule has 0 saturated carbocycles. The van der Waals surface area contributed by atoms with Gasteiger partial charge in [-0.3, -0.25) is 0 Å². The lowest BCUT2D eigenvalue weighted by Gasteiger charge is -2.04. The average molecular weight is 182 g/mol. The Balaban J connectivity index is 2.62. The standard InChI is InChI=1S/C7H10N4S/c1-8-6-4-2-9-3-5(4)10-7(12)11-6/h9H,2-3H2,1H3,(H2,8,10,11,12). The number of anilines is 1. The molecule has 1 aliphatic rings. The molecule has 5 heteroatoms. The molecule has 12 heavy (non-hydrogen) atoms. The van der Waals surface area contributed by atoms with Gasteiger partial charge in [-0.1, -0.05) is 0 Å². The van der Waals surface area contributed by atoms with Crippen LogP contribution in [0.5, 0.6) is 0 Å². The second kappa shape index (κ2) is 2.84. The fraction of sp³-hybridized carbons (Fsp3) is 0.429. The Hall–Kier alpha value is -0.940. The Bertz CT molecular complexity index is 357. The maximum Gasteiger partial charge on any atom is 0.199 e. The normalized spacial score (nSPS) is 14.4. The van der Waals surface area contributed by atoms with Gasteiger partial charge in [0.1, 0.15) is 5.82 Å². The highest BCUT2D eigenvalue weighted by atomic mass is 32.1. The number of fused-ring (bicyclic) bond motifs is 1. The fourth-order valence-corrected chi connectivity index (χ4v) is 1.62. The van der Waals surface area contributed by atoms with Gasteiger partial charge in [0.2, 0.25) is 0 Å². The predicted octanol–water partition coefficient (Wildman–Crippen LogP) is 0.784. The summed E-state index contributed by atoms with van der Waals surface area (Å²) in [4.78, 5) is 7.24. The molecule has 1 aliphatic heterocycles. The molecule has 1 aromatic rings. The number of H-pyrrole nitrogens is 1. The maximum absolute atomic E-state index is 4.97. The number of nitrogens with one attached hydrogen (secondary N) is 3. The molecule has 0 radical (unpaired) electrons. The van der Waals surface area contributed by atoms with Crippen LogP contribution in [0.1, 0.15) is 11.3 Å². The summed E-state index contributed by atoms with van der Waals surface area (Å²) in [5.41, 5.74) is 2.35. The molecular weight excluding hydrogens is 172 g/mol. The first-order chi connectivity index (χ1) is 5.81. The van der Waals surface area contributed by atoms with E-state index in [4.69, 9.17) is 12.2 Å². The van der Waals surface area contributed by atoms with Gasteiger partial charge in [0, 0.05) is 31.4 Å². The summed E-state index contributed by atoms with van der Waals surface area (Å²) < 4.78 is 0.543. The lowest BCUT2D eigenvalue weighted by molar-refractivity contribution is 0.757. The van der Waals surface area contributed by atoms with E-state index in [1.165, 1.54) is 5.56 Å². The van der Waals surface area contributed by atoms with Gasteiger partial charge in [0.05, 0.1) is 0 Å². The zero-order valence-corrected chi connectivity index (χ0v) is 7.59. The molecule has 0 saturated heterocycles. The van der Waals surface area contributed by atoms with Crippen molar-refractivity contribution in [1.29, 1.82) is 0 Å². The highest BCUT2D eigenvalue weighted by Crippen LogP contribution is 2.19. The number of hydrogen-bond acceptors (Lipinski definition) is 4. The van der Waals surface area contributed by atoms with E-state index in [1.807, 2.05) is 7.05 Å². The van der Waals surface area contributed by atoms with Crippen molar-refractivity contribution in [2.24, 2.45) is 0 Å². The minimum atomic E-state index is 0.543. The van der Waals surface area contributed by atoms with Gasteiger partial charge in [-0.2, -0.15) is 0 Å². The predicted molar refractivity (Wildman–Crippen MR) is 49.5 cm³/mol. The Labute approximate surface area is 75.4 Å². The summed E-state index contributed by atoms with van der Waals surface area (Å²) in [7, 11) is 1.86. The smallest absolute Gasteiger partial charge is 0.199 e. The van der Waals surface area contributed by atoms with Gasteiger partial charge in [-0.15, -0.1) is 0 Å². The summed E-state index contributed by atoms with van der Waals surface area (Å²) in [5.74, 6) is 0.888. The third kappa shape index (κ3) is 1.11. The van der Waals surface area contributed by atoms with Gasteiger partial charge in [0.15, 0.2) is 4.77 Å². The molecule has 0 spiro atoms. The highest BCUT2D eigenvalue weighted by Gasteiger charge is 2.14. The largest absolute Gasteiger partial charge is 0.373 e. The zero-order chi connectivity index (χ0) is 8.55. The highest BCUT2D eigenvalue weighted by molar-refractivity contribution is 7.71. The number of hydrogen-bond donors (Lipinski definition) is 3. The van der Waals surface area contributed by atoms with Crippen molar-refractivity contribution in [2.45, 2.75) is 13.1 Å². The zero-order valence-electron chi connectivity index (χ0n) is 6.77. The van der Waals surface area contributed by atoms with E-state index in [1.54, 1.807) is 0 Å². The molecular formula is C7H10N4S. The van der Waals surface area contributed by atoms with Crippen molar-refractivity contribution < 1.29 is 0 Å². The molecule has 1 aromatic heterocycles. The number of rotatable bonds is 1. The first kappa shape index (κ1) is 7.70. The van der Waals surface area contributed by atoms with E-state index in [2.05, 4.69) is 20.6 Å². The van der Waals surface area contributed by atoms with Crippen LogP contribution >= 0.6 is 12.2 Å². The molecule has 2 heterocycles. The Morgan fingerprint density at radius 1 is 1.50 bits per heavy atom. The summed E-state index contributed by atoms with van der Waals surface area (Å²) in [6.07, 6.45) is 0. The van der Waals surface area contributed by atoms with Gasteiger partial charge >= 0.3 is 0 Å². The van der Waals surface area contributed by atoms with Gasteiger partial charge in [-0.05, 0) is 12.2 Å². The first-order valence-corrected chi connectivity index (χ1v) is 4.22. The second-order valence-electron chi connectivity index (χ2n) is 2.70. The number of nitrogens with zero attached hydrogens (tertiary/aromatic N) is 1. The lowest BCUT2D eigenvalue weighted by atomic mass is 10.2. The Morgan fingerprint density at radius 3 is 3.08 bits per heavy atom. The lowest BCUT2D eigenvalue weighted by Crippen LogP contribution is -2.02. The van der Waals surface area contributed by atoms with Crippen LogP contribution in [0.15, 0.2) is 0 Å². The summed E-state index contributed by atoms with van der Waals surface area (Å²) >= 11 is 4.97. The molecule has 0 fully saturated rings. The fourth-order valence-electron chi connectivity index (χ4n) is 1.41. The molecule has 0 atom stereocenters. The van der Waals surface area contributed by atoms with Crippen molar-refractivity contribution in [1.82, 2.24) is 15.3 Å². The minimum Gasteiger partial charge on any atom is -0.373 e. The van der Waals surface area contributed by atoms with Gasteiger partial charge in [-0.25, -0.2) is 4.98 Å². The van der Waals surface area contributed by atoms with Crippen LogP contribution < -0.4 is 10.6 Å². The summed E-state index contributed by atoms with van der Waals surface area (Å²) in [6, 6.07) is 0. The molecule has 64 valence electrons. The van der Waals surface area contributed by atoms with E-state index in [-0.39, 0.29) is 0 Å². The molecule has 2 rings (SSSR count). The summed E-state index contributed by atoms with van der Waals surface area (Å²) in [6.45, 7) is 1.72. The molecule has 0 unspecified atom stereocenters. The Morgan fingerprint density at radius 2 is 2.33 bits per heavy atom. The Kier molecular flexibility index (Phi) is 1.82. The second-order valence-corrected chi connectivity index (χ2v) is 3.09. The van der Waals surface area contributed by atoms with Crippen molar-refractivity contribution in [3.8, 4) is 0 Å². The number of aromatic nitrogens is 2. The molecule has 3 N–H and O–H groups in total. The van der Waals surface area contributed by atoms with E-state index in [0.717, 1.165) is 24.6 Å². The van der Waals surface area contributed by atoms with Crippen molar-refractivity contribution in [3.05, 3.63) is 16.0 Å².